The summed E-state index contributed by atoms with van der Waals surface area (Å²) in [7, 11) is 0. The lowest BCUT2D eigenvalue weighted by Gasteiger charge is -2.06. The van der Waals surface area contributed by atoms with Crippen molar-refractivity contribution in [1.82, 2.24) is 14.7 Å². The van der Waals surface area contributed by atoms with Crippen molar-refractivity contribution in [3.8, 4) is 11.3 Å². The van der Waals surface area contributed by atoms with E-state index in [9.17, 15) is 4.79 Å². The number of carbonyl (C=O) groups is 1. The van der Waals surface area contributed by atoms with E-state index in [2.05, 4.69) is 20.0 Å². The van der Waals surface area contributed by atoms with Gasteiger partial charge in [0, 0.05) is 24.4 Å². The van der Waals surface area contributed by atoms with Gasteiger partial charge in [-0.1, -0.05) is 0 Å². The summed E-state index contributed by atoms with van der Waals surface area (Å²) in [5.74, 6) is 0.573. The van der Waals surface area contributed by atoms with Gasteiger partial charge in [-0.3, -0.25) is 4.79 Å². The van der Waals surface area contributed by atoms with Crippen LogP contribution in [0, 0.1) is 6.92 Å². The molecule has 1 aliphatic rings. The molecule has 1 aliphatic carbocycles. The Labute approximate surface area is 130 Å². The third-order valence-corrected chi connectivity index (χ3v) is 4.77. The average molecular weight is 323 g/mol. The fourth-order valence-electron chi connectivity index (χ4n) is 1.97. The summed E-state index contributed by atoms with van der Waals surface area (Å²) in [4.78, 5) is 16.1. The van der Waals surface area contributed by atoms with Gasteiger partial charge in [-0.25, -0.2) is 4.98 Å². The van der Waals surface area contributed by atoms with Crippen LogP contribution in [0.2, 0.25) is 0 Å². The number of hydrogen-bond acceptors (Lipinski definition) is 7. The molecule has 0 saturated heterocycles. The first-order chi connectivity index (χ1) is 10.1. The zero-order chi connectivity index (χ0) is 14.8. The number of nitrogen functional groups attached to an aromatic ring is 1. The first kappa shape index (κ1) is 14.3. The lowest BCUT2D eigenvalue weighted by Crippen LogP contribution is -2.27. The molecule has 0 aromatic carbocycles. The van der Waals surface area contributed by atoms with Crippen molar-refractivity contribution in [2.45, 2.75) is 32.2 Å². The maximum atomic E-state index is 11.6. The van der Waals surface area contributed by atoms with Crippen LogP contribution in [0.15, 0.2) is 5.38 Å². The van der Waals surface area contributed by atoms with Crippen LogP contribution in [0.1, 0.15) is 24.3 Å². The molecule has 4 N–H and O–H groups in total. The van der Waals surface area contributed by atoms with E-state index in [4.69, 9.17) is 5.73 Å². The van der Waals surface area contributed by atoms with Crippen LogP contribution in [0.4, 0.5) is 10.8 Å². The van der Waals surface area contributed by atoms with Gasteiger partial charge in [-0.05, 0) is 31.3 Å². The topological polar surface area (TPSA) is 92.9 Å². The van der Waals surface area contributed by atoms with Crippen molar-refractivity contribution in [2.75, 3.05) is 17.6 Å². The highest BCUT2D eigenvalue weighted by atomic mass is 32.1. The summed E-state index contributed by atoms with van der Waals surface area (Å²) >= 11 is 2.89. The number of thiazole rings is 1. The molecule has 0 unspecified atom stereocenters. The summed E-state index contributed by atoms with van der Waals surface area (Å²) in [6.45, 7) is 2.52. The SMILES string of the molecule is Cc1nc(-c2c(N)nsc2NCCC(=O)NC2CC2)cs1. The minimum Gasteiger partial charge on any atom is -0.382 e. The Kier molecular flexibility index (Phi) is 4.07. The smallest absolute Gasteiger partial charge is 0.221 e. The molecule has 0 aliphatic heterocycles. The number of hydrogen-bond donors (Lipinski definition) is 3. The first-order valence-corrected chi connectivity index (χ1v) is 8.49. The molecule has 0 bridgehead atoms. The number of amides is 1. The fourth-order valence-corrected chi connectivity index (χ4v) is 3.32. The maximum Gasteiger partial charge on any atom is 0.221 e. The highest BCUT2D eigenvalue weighted by Crippen LogP contribution is 2.36. The summed E-state index contributed by atoms with van der Waals surface area (Å²) in [6.07, 6.45) is 2.67. The molecule has 2 aromatic rings. The Bertz CT molecular complexity index is 647. The van der Waals surface area contributed by atoms with Gasteiger partial charge in [-0.15, -0.1) is 11.3 Å². The van der Waals surface area contributed by atoms with Crippen LogP contribution in [-0.4, -0.2) is 27.9 Å². The largest absolute Gasteiger partial charge is 0.382 e. The molecule has 1 amide bonds. The minimum atomic E-state index is 0.0912. The van der Waals surface area contributed by atoms with E-state index in [1.165, 1.54) is 11.5 Å². The van der Waals surface area contributed by atoms with Gasteiger partial charge in [0.05, 0.1) is 16.3 Å². The highest BCUT2D eigenvalue weighted by molar-refractivity contribution is 7.11. The monoisotopic (exact) mass is 323 g/mol. The molecule has 2 aromatic heterocycles. The standard InChI is InChI=1S/C13H17N5OS2/c1-7-16-9(6-20-7)11-12(14)18-21-13(11)15-5-4-10(19)17-8-2-3-8/h6,8,15H,2-5H2,1H3,(H2,14,18)(H,17,19). The normalized spacial score (nSPS) is 14.1. The van der Waals surface area contributed by atoms with E-state index in [0.29, 0.717) is 24.8 Å². The predicted molar refractivity (Wildman–Crippen MR) is 86.6 cm³/mol. The van der Waals surface area contributed by atoms with Crippen molar-refractivity contribution in [3.63, 3.8) is 0 Å². The molecule has 1 fully saturated rings. The Hall–Kier alpha value is -1.67. The zero-order valence-corrected chi connectivity index (χ0v) is 13.3. The minimum absolute atomic E-state index is 0.0912. The number of rotatable bonds is 6. The molecule has 112 valence electrons. The zero-order valence-electron chi connectivity index (χ0n) is 11.7. The number of aryl methyl sites for hydroxylation is 1. The third-order valence-electron chi connectivity index (χ3n) is 3.17. The van der Waals surface area contributed by atoms with E-state index >= 15 is 0 Å². The summed E-state index contributed by atoms with van der Waals surface area (Å²) < 4.78 is 4.18. The molecule has 21 heavy (non-hydrogen) atoms. The summed E-state index contributed by atoms with van der Waals surface area (Å²) in [5, 5.41) is 10.1. The van der Waals surface area contributed by atoms with E-state index in [1.807, 2.05) is 12.3 Å². The number of nitrogens with zero attached hydrogens (tertiary/aromatic N) is 2. The Morgan fingerprint density at radius 2 is 2.33 bits per heavy atom. The second kappa shape index (κ2) is 5.98. The Morgan fingerprint density at radius 3 is 3.00 bits per heavy atom. The molecule has 6 nitrogen and oxygen atoms in total. The number of nitrogens with two attached hydrogens (primary N) is 1. The maximum absolute atomic E-state index is 11.6. The molecular weight excluding hydrogens is 306 g/mol. The molecule has 3 rings (SSSR count). The summed E-state index contributed by atoms with van der Waals surface area (Å²) in [6, 6.07) is 0.407. The van der Waals surface area contributed by atoms with Gasteiger partial charge >= 0.3 is 0 Å². The fraction of sp³-hybridized carbons (Fsp3) is 0.462. The van der Waals surface area contributed by atoms with E-state index < -0.39 is 0 Å². The molecular formula is C13H17N5OS2. The van der Waals surface area contributed by atoms with Crippen LogP contribution >= 0.6 is 22.9 Å². The van der Waals surface area contributed by atoms with Gasteiger partial charge in [0.1, 0.15) is 10.8 Å². The molecule has 0 spiro atoms. The average Bonchev–Trinajstić information content (AvgIpc) is 3.03. The van der Waals surface area contributed by atoms with E-state index in [1.54, 1.807) is 11.3 Å². The predicted octanol–water partition coefficient (Wildman–Crippen LogP) is 2.24. The quantitative estimate of drug-likeness (QED) is 0.758. The van der Waals surface area contributed by atoms with Crippen molar-refractivity contribution >= 4 is 39.6 Å². The van der Waals surface area contributed by atoms with Gasteiger partial charge in [0.15, 0.2) is 0 Å². The molecule has 0 atom stereocenters. The van der Waals surface area contributed by atoms with Crippen LogP contribution < -0.4 is 16.4 Å². The number of aromatic nitrogens is 2. The van der Waals surface area contributed by atoms with Gasteiger partial charge < -0.3 is 16.4 Å². The lowest BCUT2D eigenvalue weighted by atomic mass is 10.2. The Morgan fingerprint density at radius 1 is 1.52 bits per heavy atom. The lowest BCUT2D eigenvalue weighted by molar-refractivity contribution is -0.120. The van der Waals surface area contributed by atoms with Gasteiger partial charge in [-0.2, -0.15) is 4.37 Å². The summed E-state index contributed by atoms with van der Waals surface area (Å²) in [5.41, 5.74) is 7.61. The van der Waals surface area contributed by atoms with Crippen molar-refractivity contribution < 1.29 is 4.79 Å². The third kappa shape index (κ3) is 3.51. The van der Waals surface area contributed by atoms with Crippen LogP contribution in [-0.2, 0) is 4.79 Å². The van der Waals surface area contributed by atoms with Crippen LogP contribution in [0.5, 0.6) is 0 Å². The molecule has 1 saturated carbocycles. The second-order valence-electron chi connectivity index (χ2n) is 5.04. The van der Waals surface area contributed by atoms with Crippen molar-refractivity contribution in [3.05, 3.63) is 10.4 Å². The van der Waals surface area contributed by atoms with E-state index in [-0.39, 0.29) is 5.91 Å². The van der Waals surface area contributed by atoms with Gasteiger partial charge in [0.2, 0.25) is 5.91 Å². The van der Waals surface area contributed by atoms with Crippen LogP contribution in [0.25, 0.3) is 11.3 Å². The highest BCUT2D eigenvalue weighted by Gasteiger charge is 2.23. The van der Waals surface area contributed by atoms with Crippen molar-refractivity contribution in [1.29, 1.82) is 0 Å². The molecule has 2 heterocycles. The van der Waals surface area contributed by atoms with Crippen LogP contribution in [0.3, 0.4) is 0 Å². The number of nitrogens with one attached hydrogen (secondary N) is 2. The second-order valence-corrected chi connectivity index (χ2v) is 6.88. The Balaban J connectivity index is 1.61. The van der Waals surface area contributed by atoms with E-state index in [0.717, 1.165) is 34.1 Å². The molecule has 0 radical (unpaired) electrons. The number of anilines is 2. The number of carbonyl (C=O) groups excluding carboxylic acids is 1. The first-order valence-electron chi connectivity index (χ1n) is 6.84. The van der Waals surface area contributed by atoms with Crippen molar-refractivity contribution in [2.24, 2.45) is 0 Å². The van der Waals surface area contributed by atoms with Gasteiger partial charge in [0.25, 0.3) is 0 Å². The molecule has 8 heteroatoms.